The third kappa shape index (κ3) is 5.22. The van der Waals surface area contributed by atoms with Gasteiger partial charge in [-0.25, -0.2) is 0 Å². The van der Waals surface area contributed by atoms with Crippen molar-refractivity contribution in [2.75, 3.05) is 13.7 Å². The second-order valence-electron chi connectivity index (χ2n) is 6.81. The van der Waals surface area contributed by atoms with Crippen molar-refractivity contribution in [1.29, 1.82) is 0 Å². The predicted octanol–water partition coefficient (Wildman–Crippen LogP) is 1.66. The summed E-state index contributed by atoms with van der Waals surface area (Å²) in [4.78, 5) is 24.1. The molecule has 1 aromatic carbocycles. The van der Waals surface area contributed by atoms with Crippen molar-refractivity contribution < 1.29 is 14.3 Å². The minimum Gasteiger partial charge on any atom is -0.382 e. The lowest BCUT2D eigenvalue weighted by Crippen LogP contribution is -2.63. The number of primary amides is 1. The maximum absolute atomic E-state index is 12.4. The normalized spacial score (nSPS) is 14.7. The van der Waals surface area contributed by atoms with Crippen molar-refractivity contribution in [3.8, 4) is 11.5 Å². The zero-order chi connectivity index (χ0) is 18.4. The van der Waals surface area contributed by atoms with E-state index in [2.05, 4.69) is 36.4 Å². The van der Waals surface area contributed by atoms with Crippen LogP contribution in [0.2, 0.25) is 19.6 Å². The van der Waals surface area contributed by atoms with Crippen molar-refractivity contribution in [2.45, 2.75) is 38.0 Å². The fraction of sp³-hybridized carbons (Fsp3) is 0.444. The zero-order valence-corrected chi connectivity index (χ0v) is 16.0. The summed E-state index contributed by atoms with van der Waals surface area (Å²) in [5, 5.41) is 2.70. The number of benzene rings is 1. The number of nitrogens with two attached hydrogens (primary N) is 1. The van der Waals surface area contributed by atoms with Crippen LogP contribution in [-0.2, 0) is 14.3 Å². The van der Waals surface area contributed by atoms with Crippen molar-refractivity contribution >= 4 is 19.9 Å². The molecule has 6 heteroatoms. The number of methoxy groups -OCH3 is 1. The van der Waals surface area contributed by atoms with Crippen LogP contribution < -0.4 is 11.1 Å². The first kappa shape index (κ1) is 19.9. The lowest BCUT2D eigenvalue weighted by atomic mass is 9.79. The molecule has 0 saturated heterocycles. The number of hydrogen-bond donors (Lipinski definition) is 2. The molecule has 2 unspecified atom stereocenters. The molecule has 0 saturated carbocycles. The highest BCUT2D eigenvalue weighted by molar-refractivity contribution is 6.83. The Hall–Kier alpha value is -2.10. The molecule has 0 fully saturated rings. The van der Waals surface area contributed by atoms with E-state index in [1.807, 2.05) is 30.3 Å². The minimum absolute atomic E-state index is 0.0537. The minimum atomic E-state index is -1.70. The molecule has 0 aliphatic heterocycles. The standard InChI is InChI=1S/C18H26N2O3Si/c1-14(21)20-18(13-23-2,17(19)22)16(11-12-24(3,4)5)15-9-7-6-8-10-15/h6-10,16H,13H2,1-5H3,(H2,19,22)(H,20,21). The van der Waals surface area contributed by atoms with E-state index in [4.69, 9.17) is 10.5 Å². The van der Waals surface area contributed by atoms with Gasteiger partial charge >= 0.3 is 0 Å². The maximum atomic E-state index is 12.4. The van der Waals surface area contributed by atoms with Crippen LogP contribution in [-0.4, -0.2) is 39.1 Å². The number of nitrogens with one attached hydrogen (secondary N) is 1. The molecule has 5 nitrogen and oxygen atoms in total. The average molecular weight is 347 g/mol. The van der Waals surface area contributed by atoms with Gasteiger partial charge in [0, 0.05) is 14.0 Å². The molecule has 0 heterocycles. The fourth-order valence-electron chi connectivity index (χ4n) is 2.43. The monoisotopic (exact) mass is 346 g/mol. The molecule has 0 bridgehead atoms. The molecule has 24 heavy (non-hydrogen) atoms. The molecular formula is C18H26N2O3Si. The van der Waals surface area contributed by atoms with Crippen molar-refractivity contribution in [1.82, 2.24) is 5.32 Å². The number of hydrogen-bond acceptors (Lipinski definition) is 3. The quantitative estimate of drug-likeness (QED) is 0.607. The molecule has 0 aliphatic rings. The highest BCUT2D eigenvalue weighted by Crippen LogP contribution is 2.29. The van der Waals surface area contributed by atoms with E-state index < -0.39 is 25.4 Å². The van der Waals surface area contributed by atoms with Gasteiger partial charge in [-0.15, -0.1) is 5.54 Å². The first-order valence-corrected chi connectivity index (χ1v) is 11.3. The summed E-state index contributed by atoms with van der Waals surface area (Å²) in [7, 11) is -0.230. The summed E-state index contributed by atoms with van der Waals surface area (Å²) in [6.45, 7) is 7.64. The Bertz CT molecular complexity index is 644. The largest absolute Gasteiger partial charge is 0.382 e. The van der Waals surface area contributed by atoms with Crippen molar-refractivity contribution in [2.24, 2.45) is 5.73 Å². The van der Waals surface area contributed by atoms with E-state index in [1.165, 1.54) is 14.0 Å². The third-order valence-corrected chi connectivity index (χ3v) is 4.32. The van der Waals surface area contributed by atoms with Gasteiger partial charge in [-0.3, -0.25) is 9.59 Å². The molecule has 0 aromatic heterocycles. The molecule has 1 aromatic rings. The van der Waals surface area contributed by atoms with Crippen LogP contribution in [0.5, 0.6) is 0 Å². The van der Waals surface area contributed by atoms with Gasteiger partial charge in [0.2, 0.25) is 11.8 Å². The van der Waals surface area contributed by atoms with Crippen LogP contribution in [0.3, 0.4) is 0 Å². The van der Waals surface area contributed by atoms with Gasteiger partial charge < -0.3 is 15.8 Å². The van der Waals surface area contributed by atoms with E-state index in [-0.39, 0.29) is 12.5 Å². The number of ether oxygens (including phenoxy) is 1. The summed E-state index contributed by atoms with van der Waals surface area (Å²) in [6, 6.07) is 9.36. The zero-order valence-electron chi connectivity index (χ0n) is 15.0. The molecule has 0 spiro atoms. The molecule has 2 atom stereocenters. The lowest BCUT2D eigenvalue weighted by Gasteiger charge is -2.36. The van der Waals surface area contributed by atoms with Gasteiger partial charge in [0.25, 0.3) is 0 Å². The molecular weight excluding hydrogens is 320 g/mol. The van der Waals surface area contributed by atoms with Crippen LogP contribution in [0, 0.1) is 11.5 Å². The molecule has 0 radical (unpaired) electrons. The first-order valence-electron chi connectivity index (χ1n) is 7.77. The fourth-order valence-corrected chi connectivity index (χ4v) is 3.01. The molecule has 2 amide bonds. The maximum Gasteiger partial charge on any atom is 0.247 e. The highest BCUT2D eigenvalue weighted by Gasteiger charge is 2.46. The molecule has 3 N–H and O–H groups in total. The summed E-state index contributed by atoms with van der Waals surface area (Å²) in [6.07, 6.45) is 0. The summed E-state index contributed by atoms with van der Waals surface area (Å²) >= 11 is 0. The second-order valence-corrected chi connectivity index (χ2v) is 11.6. The van der Waals surface area contributed by atoms with E-state index >= 15 is 0 Å². The van der Waals surface area contributed by atoms with Gasteiger partial charge in [0.15, 0.2) is 5.54 Å². The van der Waals surface area contributed by atoms with E-state index in [0.717, 1.165) is 5.56 Å². The van der Waals surface area contributed by atoms with E-state index in [9.17, 15) is 9.59 Å². The first-order chi connectivity index (χ1) is 11.1. The number of carbonyl (C=O) groups is 2. The SMILES string of the molecule is COCC(NC(C)=O)(C(N)=O)C(C#C[Si](C)(C)C)c1ccccc1. The van der Waals surface area contributed by atoms with Gasteiger partial charge in [-0.05, 0) is 5.56 Å². The topological polar surface area (TPSA) is 81.4 Å². The van der Waals surface area contributed by atoms with Gasteiger partial charge in [-0.1, -0.05) is 55.9 Å². The van der Waals surface area contributed by atoms with E-state index in [1.54, 1.807) is 0 Å². The summed E-state index contributed by atoms with van der Waals surface area (Å²) < 4.78 is 5.23. The predicted molar refractivity (Wildman–Crippen MR) is 97.9 cm³/mol. The average Bonchev–Trinajstić information content (AvgIpc) is 2.46. The van der Waals surface area contributed by atoms with Gasteiger partial charge in [-0.2, -0.15) is 0 Å². The van der Waals surface area contributed by atoms with Crippen molar-refractivity contribution in [3.05, 3.63) is 35.9 Å². The smallest absolute Gasteiger partial charge is 0.247 e. The Labute approximate surface area is 145 Å². The second kappa shape index (κ2) is 8.13. The molecule has 0 aliphatic carbocycles. The highest BCUT2D eigenvalue weighted by atomic mass is 28.3. The number of amides is 2. The Morgan fingerprint density at radius 1 is 1.29 bits per heavy atom. The van der Waals surface area contributed by atoms with Crippen molar-refractivity contribution in [3.63, 3.8) is 0 Å². The van der Waals surface area contributed by atoms with Crippen LogP contribution in [0.15, 0.2) is 30.3 Å². The van der Waals surface area contributed by atoms with Gasteiger partial charge in [0.1, 0.15) is 8.07 Å². The molecule has 130 valence electrons. The number of carbonyl (C=O) groups excluding carboxylic acids is 2. The molecule has 1 rings (SSSR count). The summed E-state index contributed by atoms with van der Waals surface area (Å²) in [5.41, 5.74) is 8.37. The van der Waals surface area contributed by atoms with Crippen LogP contribution in [0.4, 0.5) is 0 Å². The van der Waals surface area contributed by atoms with E-state index in [0.29, 0.717) is 0 Å². The third-order valence-electron chi connectivity index (χ3n) is 3.43. The van der Waals surface area contributed by atoms with Crippen LogP contribution in [0.25, 0.3) is 0 Å². The number of rotatable bonds is 6. The Morgan fingerprint density at radius 3 is 2.29 bits per heavy atom. The van der Waals surface area contributed by atoms with Gasteiger partial charge in [0.05, 0.1) is 12.5 Å². The van der Waals surface area contributed by atoms with Crippen LogP contribution in [0.1, 0.15) is 18.4 Å². The Morgan fingerprint density at radius 2 is 1.88 bits per heavy atom. The summed E-state index contributed by atoms with van der Waals surface area (Å²) in [5.74, 6) is 1.59. The van der Waals surface area contributed by atoms with Crippen LogP contribution >= 0.6 is 0 Å². The lowest BCUT2D eigenvalue weighted by molar-refractivity contribution is -0.133. The Balaban J connectivity index is 3.57. The Kier molecular flexibility index (Phi) is 6.76.